The Morgan fingerprint density at radius 3 is 1.17 bits per heavy atom. The van der Waals surface area contributed by atoms with Crippen molar-refractivity contribution in [3.05, 3.63) is 12.2 Å². The van der Waals surface area contributed by atoms with Crippen LogP contribution in [0.25, 0.3) is 0 Å². The Balaban J connectivity index is 4.40. The number of unbranched alkanes of at least 4 members (excludes halogenated alkanes) is 18. The minimum absolute atomic E-state index is 0.221. The van der Waals surface area contributed by atoms with E-state index in [1.165, 1.54) is 109 Å². The van der Waals surface area contributed by atoms with Gasteiger partial charge in [-0.1, -0.05) is 136 Å². The van der Waals surface area contributed by atoms with E-state index >= 15 is 0 Å². The Kier molecular flexibility index (Phi) is 28.1. The Morgan fingerprint density at radius 1 is 0.522 bits per heavy atom. The average molecular weight is 652 g/mol. The van der Waals surface area contributed by atoms with Crippen LogP contribution in [0.1, 0.15) is 175 Å². The number of nitrogens with zero attached hydrogens (tertiary/aromatic N) is 1. The van der Waals surface area contributed by atoms with Gasteiger partial charge in [-0.25, -0.2) is 0 Å². The van der Waals surface area contributed by atoms with Crippen LogP contribution < -0.4 is 5.11 Å². The van der Waals surface area contributed by atoms with Crippen molar-refractivity contribution in [2.45, 2.75) is 175 Å². The molecule has 0 heterocycles. The summed E-state index contributed by atoms with van der Waals surface area (Å²) in [6.07, 6.45) is 31.2. The average Bonchev–Trinajstić information content (AvgIpc) is 3.03. The summed E-state index contributed by atoms with van der Waals surface area (Å²) >= 11 is 0. The van der Waals surface area contributed by atoms with Gasteiger partial charge in [0.2, 0.25) is 0 Å². The van der Waals surface area contributed by atoms with E-state index in [0.717, 1.165) is 19.3 Å². The van der Waals surface area contributed by atoms with E-state index in [4.69, 9.17) is 0 Å². The largest absolute Gasteiger partial charge is 0.550 e. The molecule has 0 rings (SSSR count). The first-order chi connectivity index (χ1) is 22.2. The molecule has 46 heavy (non-hydrogen) atoms. The number of carboxylic acids is 3. The maximum atomic E-state index is 12.0. The monoisotopic (exact) mass is 652 g/mol. The second-order valence-corrected chi connectivity index (χ2v) is 14.0. The molecule has 0 radical (unpaired) electrons. The third kappa shape index (κ3) is 22.6. The van der Waals surface area contributed by atoms with Crippen LogP contribution in [0, 0.1) is 17.8 Å². The number of rotatable bonds is 34. The standard InChI is InChI=1S/C39H73NO6/c1-5-9-10-11-12-13-14-15-16-17-18-19-20-21-22-23-24-25-26-27-28-29-30-40(31-34(6-2)37(41)42,32-35(7-3)38(43)44)33-36(8-4)39(45)46/h10-11,34-36H,5-9,12-33H2,1-4H3,(H2-,41,42,43,44,45,46)/b11-10+. The van der Waals surface area contributed by atoms with Crippen molar-refractivity contribution in [2.24, 2.45) is 17.8 Å². The molecule has 0 aliphatic heterocycles. The highest BCUT2D eigenvalue weighted by Gasteiger charge is 2.39. The van der Waals surface area contributed by atoms with Crippen LogP contribution >= 0.6 is 0 Å². The molecule has 0 aromatic carbocycles. The van der Waals surface area contributed by atoms with Crippen molar-refractivity contribution in [3.8, 4) is 0 Å². The maximum Gasteiger partial charge on any atom is 0.312 e. The quantitative estimate of drug-likeness (QED) is 0.0407. The van der Waals surface area contributed by atoms with Crippen molar-refractivity contribution in [1.29, 1.82) is 0 Å². The summed E-state index contributed by atoms with van der Waals surface area (Å²) < 4.78 is 0.221. The second-order valence-electron chi connectivity index (χ2n) is 14.0. The van der Waals surface area contributed by atoms with Crippen LogP contribution in [-0.2, 0) is 14.4 Å². The van der Waals surface area contributed by atoms with Gasteiger partial charge in [0.1, 0.15) is 11.8 Å². The molecule has 0 fully saturated rings. The molecule has 7 heteroatoms. The summed E-state index contributed by atoms with van der Waals surface area (Å²) in [4.78, 5) is 35.9. The highest BCUT2D eigenvalue weighted by molar-refractivity contribution is 5.70. The van der Waals surface area contributed by atoms with Crippen LogP contribution in [-0.4, -0.2) is 58.8 Å². The highest BCUT2D eigenvalue weighted by atomic mass is 16.4. The van der Waals surface area contributed by atoms with Crippen molar-refractivity contribution in [2.75, 3.05) is 26.2 Å². The molecule has 0 aromatic heterocycles. The lowest BCUT2D eigenvalue weighted by atomic mass is 9.95. The summed E-state index contributed by atoms with van der Waals surface area (Å²) in [5, 5.41) is 31.6. The summed E-state index contributed by atoms with van der Waals surface area (Å²) in [6, 6.07) is 0. The van der Waals surface area contributed by atoms with Gasteiger partial charge in [-0.05, 0) is 51.4 Å². The summed E-state index contributed by atoms with van der Waals surface area (Å²) in [7, 11) is 0. The number of hydrogen-bond acceptors (Lipinski definition) is 4. The molecule has 0 saturated carbocycles. The Labute approximate surface area is 283 Å². The van der Waals surface area contributed by atoms with E-state index in [-0.39, 0.29) is 24.1 Å². The molecule has 0 aliphatic rings. The fourth-order valence-electron chi connectivity index (χ4n) is 6.80. The number of quaternary nitrogens is 1. The zero-order valence-electron chi connectivity index (χ0n) is 30.5. The smallest absolute Gasteiger partial charge is 0.312 e. The third-order valence-corrected chi connectivity index (χ3v) is 9.96. The van der Waals surface area contributed by atoms with Crippen molar-refractivity contribution in [1.82, 2.24) is 0 Å². The summed E-state index contributed by atoms with van der Waals surface area (Å²) in [5.41, 5.74) is 0. The van der Waals surface area contributed by atoms with E-state index in [1.807, 2.05) is 13.8 Å². The molecule has 3 atom stereocenters. The first-order valence-corrected chi connectivity index (χ1v) is 19.3. The first kappa shape index (κ1) is 44.1. The second kappa shape index (κ2) is 29.3. The number of allylic oxidation sites excluding steroid dienone is 2. The minimum atomic E-state index is -1.14. The molecule has 270 valence electrons. The Hall–Kier alpha value is -1.89. The van der Waals surface area contributed by atoms with E-state index in [2.05, 4.69) is 19.1 Å². The normalized spacial score (nSPS) is 15.0. The van der Waals surface area contributed by atoms with E-state index < -0.39 is 35.7 Å². The van der Waals surface area contributed by atoms with E-state index in [9.17, 15) is 29.7 Å². The fraction of sp³-hybridized carbons (Fsp3) is 0.872. The van der Waals surface area contributed by atoms with Gasteiger partial charge < -0.3 is 24.6 Å². The number of carbonyl (C=O) groups excluding carboxylic acids is 1. The molecule has 3 unspecified atom stereocenters. The molecule has 7 nitrogen and oxygen atoms in total. The molecular weight excluding hydrogens is 578 g/mol. The van der Waals surface area contributed by atoms with Gasteiger partial charge in [-0.3, -0.25) is 9.59 Å². The number of hydrogen-bond donors (Lipinski definition) is 2. The zero-order chi connectivity index (χ0) is 34.5. The van der Waals surface area contributed by atoms with Crippen molar-refractivity contribution >= 4 is 17.9 Å². The lowest BCUT2D eigenvalue weighted by Crippen LogP contribution is -2.59. The maximum absolute atomic E-state index is 12.0. The van der Waals surface area contributed by atoms with Crippen LogP contribution in [0.3, 0.4) is 0 Å². The Morgan fingerprint density at radius 2 is 0.848 bits per heavy atom. The number of carbonyl (C=O) groups is 3. The molecule has 0 spiro atoms. The van der Waals surface area contributed by atoms with Gasteiger partial charge in [0, 0.05) is 5.92 Å². The lowest BCUT2D eigenvalue weighted by molar-refractivity contribution is -0.935. The van der Waals surface area contributed by atoms with Crippen molar-refractivity contribution < 1.29 is 34.2 Å². The van der Waals surface area contributed by atoms with Gasteiger partial charge in [-0.2, -0.15) is 0 Å². The molecule has 0 amide bonds. The molecule has 2 N–H and O–H groups in total. The molecule has 0 bridgehead atoms. The van der Waals surface area contributed by atoms with Crippen LogP contribution in [0.15, 0.2) is 12.2 Å². The Bertz CT molecular complexity index is 738. The molecule has 0 aromatic rings. The van der Waals surface area contributed by atoms with Crippen LogP contribution in [0.2, 0.25) is 0 Å². The lowest BCUT2D eigenvalue weighted by Gasteiger charge is -2.44. The molecular formula is C39H73NO6. The third-order valence-electron chi connectivity index (χ3n) is 9.96. The zero-order valence-corrected chi connectivity index (χ0v) is 30.5. The van der Waals surface area contributed by atoms with Gasteiger partial charge in [0.15, 0.2) is 0 Å². The minimum Gasteiger partial charge on any atom is -0.550 e. The summed E-state index contributed by atoms with van der Waals surface area (Å²) in [6.45, 7) is 9.04. The fourth-order valence-corrected chi connectivity index (χ4v) is 6.80. The van der Waals surface area contributed by atoms with Crippen LogP contribution in [0.4, 0.5) is 0 Å². The highest BCUT2D eigenvalue weighted by Crippen LogP contribution is 2.25. The molecule has 0 saturated heterocycles. The predicted octanol–water partition coefficient (Wildman–Crippen LogP) is 9.18. The predicted molar refractivity (Wildman–Crippen MR) is 189 cm³/mol. The number of aliphatic carboxylic acids is 3. The van der Waals surface area contributed by atoms with Gasteiger partial charge in [-0.15, -0.1) is 0 Å². The van der Waals surface area contributed by atoms with E-state index in [0.29, 0.717) is 25.8 Å². The first-order valence-electron chi connectivity index (χ1n) is 19.3. The van der Waals surface area contributed by atoms with Gasteiger partial charge in [0.05, 0.1) is 32.1 Å². The molecule has 0 aliphatic carbocycles. The van der Waals surface area contributed by atoms with Crippen LogP contribution in [0.5, 0.6) is 0 Å². The number of carboxylic acid groups (broad SMARTS) is 3. The van der Waals surface area contributed by atoms with Gasteiger partial charge >= 0.3 is 11.9 Å². The summed E-state index contributed by atoms with van der Waals surface area (Å²) in [5.74, 6) is -4.93. The van der Waals surface area contributed by atoms with E-state index in [1.54, 1.807) is 6.92 Å². The van der Waals surface area contributed by atoms with Crippen molar-refractivity contribution in [3.63, 3.8) is 0 Å². The van der Waals surface area contributed by atoms with Gasteiger partial charge in [0.25, 0.3) is 0 Å². The SMILES string of the molecule is CCC/C=C/CCCCCCCCCCCCCCCCCCC[N+](CC(CC)C(=O)[O-])(CC(CC)C(=O)O)CC(CC)C(=O)O. The topological polar surface area (TPSA) is 115 Å².